The first-order valence-electron chi connectivity index (χ1n) is 7.86. The third-order valence-corrected chi connectivity index (χ3v) is 4.70. The number of benzene rings is 1. The van der Waals surface area contributed by atoms with Gasteiger partial charge in [-0.25, -0.2) is 0 Å². The van der Waals surface area contributed by atoms with Crippen molar-refractivity contribution in [2.75, 3.05) is 26.2 Å². The van der Waals surface area contributed by atoms with Gasteiger partial charge in [-0.15, -0.1) is 0 Å². The number of likely N-dealkylation sites (tertiary alicyclic amines) is 1. The summed E-state index contributed by atoms with van der Waals surface area (Å²) < 4.78 is 0. The Morgan fingerprint density at radius 1 is 1.20 bits per heavy atom. The summed E-state index contributed by atoms with van der Waals surface area (Å²) in [6.45, 7) is 6.09. The molecule has 0 bridgehead atoms. The third-order valence-electron chi connectivity index (χ3n) is 4.70. The van der Waals surface area contributed by atoms with Gasteiger partial charge in [0.15, 0.2) is 0 Å². The number of aryl methyl sites for hydroxylation is 1. The molecule has 3 nitrogen and oxygen atoms in total. The first-order chi connectivity index (χ1) is 9.75. The van der Waals surface area contributed by atoms with E-state index in [-0.39, 0.29) is 5.91 Å². The van der Waals surface area contributed by atoms with Crippen molar-refractivity contribution in [3.8, 4) is 0 Å². The fraction of sp³-hybridized carbons (Fsp3) is 0.588. The molecule has 0 aliphatic carbocycles. The van der Waals surface area contributed by atoms with E-state index in [1.54, 1.807) is 0 Å². The molecule has 2 aliphatic rings. The molecule has 20 heavy (non-hydrogen) atoms. The van der Waals surface area contributed by atoms with Crippen LogP contribution in [0.5, 0.6) is 0 Å². The van der Waals surface area contributed by atoms with Crippen LogP contribution in [0.2, 0.25) is 0 Å². The monoisotopic (exact) mass is 272 g/mol. The maximum atomic E-state index is 12.6. The topological polar surface area (TPSA) is 32.3 Å². The Hall–Kier alpha value is -1.35. The van der Waals surface area contributed by atoms with Crippen molar-refractivity contribution < 1.29 is 4.79 Å². The number of hydrogen-bond donors (Lipinski definition) is 1. The quantitative estimate of drug-likeness (QED) is 0.898. The largest absolute Gasteiger partial charge is 0.339 e. The van der Waals surface area contributed by atoms with E-state index in [0.29, 0.717) is 5.92 Å². The van der Waals surface area contributed by atoms with Crippen LogP contribution in [0.4, 0.5) is 0 Å². The van der Waals surface area contributed by atoms with Gasteiger partial charge in [0.25, 0.3) is 5.91 Å². The molecule has 3 rings (SSSR count). The van der Waals surface area contributed by atoms with Crippen LogP contribution in [-0.2, 0) is 0 Å². The summed E-state index contributed by atoms with van der Waals surface area (Å²) in [6, 6.07) is 6.50. The van der Waals surface area contributed by atoms with Crippen LogP contribution < -0.4 is 5.32 Å². The number of nitrogens with zero attached hydrogens (tertiary/aromatic N) is 1. The number of amides is 1. The Labute approximate surface area is 121 Å². The number of carbonyl (C=O) groups is 1. The van der Waals surface area contributed by atoms with Gasteiger partial charge in [-0.1, -0.05) is 12.1 Å². The van der Waals surface area contributed by atoms with Gasteiger partial charge in [-0.05, 0) is 68.8 Å². The number of hydrogen-bond acceptors (Lipinski definition) is 2. The highest BCUT2D eigenvalue weighted by Crippen LogP contribution is 2.27. The molecule has 3 heteroatoms. The molecule has 0 atom stereocenters. The molecule has 0 unspecified atom stereocenters. The van der Waals surface area contributed by atoms with Gasteiger partial charge in [0.05, 0.1) is 0 Å². The molecule has 1 aromatic carbocycles. The van der Waals surface area contributed by atoms with Gasteiger partial charge in [0.2, 0.25) is 0 Å². The summed E-state index contributed by atoms with van der Waals surface area (Å²) >= 11 is 0. The number of rotatable bonds is 2. The fourth-order valence-electron chi connectivity index (χ4n) is 3.37. The Bertz CT molecular complexity index is 486. The average molecular weight is 272 g/mol. The summed E-state index contributed by atoms with van der Waals surface area (Å²) in [6.07, 6.45) is 4.67. The van der Waals surface area contributed by atoms with Gasteiger partial charge >= 0.3 is 0 Å². The lowest BCUT2D eigenvalue weighted by Gasteiger charge is -2.24. The van der Waals surface area contributed by atoms with Gasteiger partial charge in [0, 0.05) is 18.7 Å². The molecule has 0 saturated carbocycles. The molecule has 0 spiro atoms. The molecule has 2 heterocycles. The highest BCUT2D eigenvalue weighted by atomic mass is 16.2. The summed E-state index contributed by atoms with van der Waals surface area (Å²) in [5, 5.41) is 3.40. The van der Waals surface area contributed by atoms with E-state index < -0.39 is 0 Å². The van der Waals surface area contributed by atoms with Crippen molar-refractivity contribution in [3.63, 3.8) is 0 Å². The molecule has 2 saturated heterocycles. The van der Waals surface area contributed by atoms with Crippen LogP contribution in [0.3, 0.4) is 0 Å². The van der Waals surface area contributed by atoms with E-state index >= 15 is 0 Å². The summed E-state index contributed by atoms with van der Waals surface area (Å²) in [5.41, 5.74) is 3.38. The predicted molar refractivity (Wildman–Crippen MR) is 81.2 cm³/mol. The first kappa shape index (κ1) is 13.6. The highest BCUT2D eigenvalue weighted by Gasteiger charge is 2.22. The second-order valence-corrected chi connectivity index (χ2v) is 6.10. The van der Waals surface area contributed by atoms with Crippen molar-refractivity contribution in [1.29, 1.82) is 0 Å². The van der Waals surface area contributed by atoms with Crippen LogP contribution >= 0.6 is 0 Å². The van der Waals surface area contributed by atoms with Gasteiger partial charge in [-0.2, -0.15) is 0 Å². The van der Waals surface area contributed by atoms with Gasteiger partial charge in [0.1, 0.15) is 0 Å². The predicted octanol–water partition coefficient (Wildman–Crippen LogP) is 2.70. The van der Waals surface area contributed by atoms with Crippen molar-refractivity contribution in [1.82, 2.24) is 10.2 Å². The maximum absolute atomic E-state index is 12.6. The molecule has 2 aliphatic heterocycles. The fourth-order valence-corrected chi connectivity index (χ4v) is 3.37. The average Bonchev–Trinajstić information content (AvgIpc) is 3.02. The lowest BCUT2D eigenvalue weighted by Crippen LogP contribution is -2.29. The van der Waals surface area contributed by atoms with Crippen molar-refractivity contribution in [2.24, 2.45) is 0 Å². The zero-order valence-corrected chi connectivity index (χ0v) is 12.3. The van der Waals surface area contributed by atoms with Crippen LogP contribution in [0.1, 0.15) is 53.1 Å². The van der Waals surface area contributed by atoms with Crippen LogP contribution in [-0.4, -0.2) is 37.0 Å². The summed E-state index contributed by atoms with van der Waals surface area (Å²) in [7, 11) is 0. The third kappa shape index (κ3) is 2.73. The minimum absolute atomic E-state index is 0.232. The van der Waals surface area contributed by atoms with Crippen molar-refractivity contribution in [3.05, 3.63) is 34.9 Å². The van der Waals surface area contributed by atoms with E-state index in [0.717, 1.165) is 50.1 Å². The molecule has 0 radical (unpaired) electrons. The molecular formula is C17H24N2O. The van der Waals surface area contributed by atoms with Crippen molar-refractivity contribution in [2.45, 2.75) is 38.5 Å². The minimum atomic E-state index is 0.232. The smallest absolute Gasteiger partial charge is 0.254 e. The zero-order chi connectivity index (χ0) is 13.9. The molecule has 2 fully saturated rings. The van der Waals surface area contributed by atoms with Gasteiger partial charge in [-0.3, -0.25) is 4.79 Å². The van der Waals surface area contributed by atoms with Crippen LogP contribution in [0, 0.1) is 6.92 Å². The lowest BCUT2D eigenvalue weighted by atomic mass is 9.88. The Balaban J connectivity index is 1.84. The summed E-state index contributed by atoms with van der Waals surface area (Å²) in [5.74, 6) is 0.845. The molecule has 1 aromatic rings. The number of carbonyl (C=O) groups excluding carboxylic acids is 1. The standard InChI is InChI=1S/C17H24N2O/c1-13-4-5-15(14-6-8-18-9-7-14)12-16(13)17(20)19-10-2-3-11-19/h4-5,12,14,18H,2-3,6-11H2,1H3. The molecule has 108 valence electrons. The van der Waals surface area contributed by atoms with E-state index in [2.05, 4.69) is 30.4 Å². The number of piperidine rings is 1. The molecule has 1 amide bonds. The normalized spacial score (nSPS) is 20.4. The lowest BCUT2D eigenvalue weighted by molar-refractivity contribution is 0.0792. The second-order valence-electron chi connectivity index (χ2n) is 6.10. The van der Waals surface area contributed by atoms with E-state index in [1.165, 1.54) is 18.4 Å². The molecule has 1 N–H and O–H groups in total. The Morgan fingerprint density at radius 3 is 2.60 bits per heavy atom. The van der Waals surface area contributed by atoms with Crippen LogP contribution in [0.15, 0.2) is 18.2 Å². The molecular weight excluding hydrogens is 248 g/mol. The zero-order valence-electron chi connectivity index (χ0n) is 12.3. The maximum Gasteiger partial charge on any atom is 0.254 e. The van der Waals surface area contributed by atoms with E-state index in [4.69, 9.17) is 0 Å². The van der Waals surface area contributed by atoms with E-state index in [9.17, 15) is 4.79 Å². The minimum Gasteiger partial charge on any atom is -0.339 e. The SMILES string of the molecule is Cc1ccc(C2CCNCC2)cc1C(=O)N1CCCC1. The second kappa shape index (κ2) is 5.96. The van der Waals surface area contributed by atoms with Crippen molar-refractivity contribution >= 4 is 5.91 Å². The van der Waals surface area contributed by atoms with E-state index in [1.807, 2.05) is 4.90 Å². The Morgan fingerprint density at radius 2 is 1.90 bits per heavy atom. The number of nitrogens with one attached hydrogen (secondary N) is 1. The van der Waals surface area contributed by atoms with Crippen LogP contribution in [0.25, 0.3) is 0 Å². The summed E-state index contributed by atoms with van der Waals surface area (Å²) in [4.78, 5) is 14.6. The van der Waals surface area contributed by atoms with Gasteiger partial charge < -0.3 is 10.2 Å². The Kier molecular flexibility index (Phi) is 4.06. The first-order valence-corrected chi connectivity index (χ1v) is 7.86. The molecule has 0 aromatic heterocycles. The highest BCUT2D eigenvalue weighted by molar-refractivity contribution is 5.96.